The van der Waals surface area contributed by atoms with E-state index < -0.39 is 11.9 Å². The largest absolute Gasteiger partial charge is 0.434 e. The predicted molar refractivity (Wildman–Crippen MR) is 78.8 cm³/mol. The van der Waals surface area contributed by atoms with E-state index in [1.807, 2.05) is 13.8 Å². The molecule has 0 aromatic carbocycles. The Morgan fingerprint density at radius 3 is 2.83 bits per heavy atom. The molecule has 3 heterocycles. The Morgan fingerprint density at radius 1 is 1.39 bits per heavy atom. The number of fused-ring (bicyclic) bond motifs is 1. The van der Waals surface area contributed by atoms with E-state index in [9.17, 15) is 13.2 Å². The molecule has 0 amide bonds. The summed E-state index contributed by atoms with van der Waals surface area (Å²) >= 11 is 0. The number of H-pyrrole nitrogens is 1. The molecule has 0 bridgehead atoms. The van der Waals surface area contributed by atoms with Crippen LogP contribution in [0.4, 0.5) is 13.2 Å². The Kier molecular flexibility index (Phi) is 4.18. The standard InChI is InChI=1S/C15H20F3N5/c1-9-12(10(2)22-21-9)6-19-5-11-3-4-14-20-13(15(16,17)18)8-23(14)7-11/h8,11,19H,3-7H2,1-2H3,(H,21,22)/t11-/m0/s1. The molecule has 0 unspecified atom stereocenters. The van der Waals surface area contributed by atoms with Crippen LogP contribution in [-0.2, 0) is 25.7 Å². The molecule has 126 valence electrons. The zero-order valence-electron chi connectivity index (χ0n) is 13.2. The van der Waals surface area contributed by atoms with Gasteiger partial charge in [-0.05, 0) is 32.7 Å². The van der Waals surface area contributed by atoms with Gasteiger partial charge in [0.1, 0.15) is 5.82 Å². The van der Waals surface area contributed by atoms with Gasteiger partial charge in [0.2, 0.25) is 0 Å². The minimum Gasteiger partial charge on any atom is -0.334 e. The first-order valence-electron chi connectivity index (χ1n) is 7.69. The number of aromatic amines is 1. The van der Waals surface area contributed by atoms with Crippen molar-refractivity contribution in [2.75, 3.05) is 6.54 Å². The molecule has 0 spiro atoms. The maximum atomic E-state index is 12.7. The van der Waals surface area contributed by atoms with Crippen molar-refractivity contribution >= 4 is 0 Å². The van der Waals surface area contributed by atoms with E-state index in [0.717, 1.165) is 42.7 Å². The van der Waals surface area contributed by atoms with Crippen LogP contribution < -0.4 is 5.32 Å². The molecule has 0 aliphatic carbocycles. The van der Waals surface area contributed by atoms with Crippen molar-refractivity contribution in [1.82, 2.24) is 25.1 Å². The van der Waals surface area contributed by atoms with Crippen molar-refractivity contribution in [1.29, 1.82) is 0 Å². The van der Waals surface area contributed by atoms with Crippen molar-refractivity contribution in [3.8, 4) is 0 Å². The highest BCUT2D eigenvalue weighted by Gasteiger charge is 2.35. The summed E-state index contributed by atoms with van der Waals surface area (Å²) in [6.07, 6.45) is -1.79. The predicted octanol–water partition coefficient (Wildman–Crippen LogP) is 2.59. The zero-order valence-corrected chi connectivity index (χ0v) is 13.2. The van der Waals surface area contributed by atoms with Crippen LogP contribution in [0.1, 0.15) is 34.9 Å². The lowest BCUT2D eigenvalue weighted by molar-refractivity contribution is -0.141. The fraction of sp³-hybridized carbons (Fsp3) is 0.600. The van der Waals surface area contributed by atoms with Gasteiger partial charge in [-0.15, -0.1) is 0 Å². The third-order valence-electron chi connectivity index (χ3n) is 4.40. The summed E-state index contributed by atoms with van der Waals surface area (Å²) in [7, 11) is 0. The van der Waals surface area contributed by atoms with Gasteiger partial charge in [0, 0.05) is 37.0 Å². The second-order valence-corrected chi connectivity index (χ2v) is 6.14. The molecular weight excluding hydrogens is 307 g/mol. The number of halogens is 3. The Balaban J connectivity index is 1.57. The fourth-order valence-corrected chi connectivity index (χ4v) is 3.05. The Hall–Kier alpha value is -1.83. The summed E-state index contributed by atoms with van der Waals surface area (Å²) in [5.41, 5.74) is 2.39. The van der Waals surface area contributed by atoms with Crippen LogP contribution in [0.25, 0.3) is 0 Å². The van der Waals surface area contributed by atoms with Crippen molar-refractivity contribution in [3.05, 3.63) is 34.7 Å². The summed E-state index contributed by atoms with van der Waals surface area (Å²) in [4.78, 5) is 3.71. The number of imidazole rings is 1. The Morgan fingerprint density at radius 2 is 2.17 bits per heavy atom. The van der Waals surface area contributed by atoms with E-state index in [1.54, 1.807) is 4.57 Å². The number of aryl methyl sites for hydroxylation is 3. The van der Waals surface area contributed by atoms with Gasteiger partial charge in [0.05, 0.1) is 5.69 Å². The molecule has 0 saturated carbocycles. The van der Waals surface area contributed by atoms with E-state index in [2.05, 4.69) is 20.5 Å². The second kappa shape index (κ2) is 5.99. The molecule has 1 aliphatic heterocycles. The van der Waals surface area contributed by atoms with Crippen LogP contribution in [-0.4, -0.2) is 26.3 Å². The van der Waals surface area contributed by atoms with Crippen LogP contribution in [0.15, 0.2) is 6.20 Å². The molecule has 1 aliphatic rings. The molecule has 0 fully saturated rings. The third-order valence-corrected chi connectivity index (χ3v) is 4.40. The number of alkyl halides is 3. The molecule has 2 N–H and O–H groups in total. The molecule has 23 heavy (non-hydrogen) atoms. The molecular formula is C15H20F3N5. The molecule has 1 atom stereocenters. The number of hydrogen-bond acceptors (Lipinski definition) is 3. The van der Waals surface area contributed by atoms with E-state index in [4.69, 9.17) is 0 Å². The smallest absolute Gasteiger partial charge is 0.334 e. The van der Waals surface area contributed by atoms with E-state index >= 15 is 0 Å². The van der Waals surface area contributed by atoms with Gasteiger partial charge in [-0.3, -0.25) is 5.10 Å². The quantitative estimate of drug-likeness (QED) is 0.907. The highest BCUT2D eigenvalue weighted by molar-refractivity contribution is 5.22. The molecule has 3 rings (SSSR count). The summed E-state index contributed by atoms with van der Waals surface area (Å²) < 4.78 is 39.8. The highest BCUT2D eigenvalue weighted by atomic mass is 19.4. The van der Waals surface area contributed by atoms with Gasteiger partial charge in [0.15, 0.2) is 5.69 Å². The Labute approximate surface area is 132 Å². The van der Waals surface area contributed by atoms with Gasteiger partial charge in [-0.25, -0.2) is 4.98 Å². The minimum absolute atomic E-state index is 0.310. The van der Waals surface area contributed by atoms with Crippen LogP contribution in [0.2, 0.25) is 0 Å². The lowest BCUT2D eigenvalue weighted by atomic mass is 9.99. The van der Waals surface area contributed by atoms with Crippen molar-refractivity contribution in [3.63, 3.8) is 0 Å². The van der Waals surface area contributed by atoms with Crippen LogP contribution in [0.5, 0.6) is 0 Å². The zero-order chi connectivity index (χ0) is 16.6. The average Bonchev–Trinajstić information content (AvgIpc) is 3.04. The van der Waals surface area contributed by atoms with Gasteiger partial charge in [-0.2, -0.15) is 18.3 Å². The lowest BCUT2D eigenvalue weighted by Crippen LogP contribution is -2.30. The summed E-state index contributed by atoms with van der Waals surface area (Å²) in [6.45, 7) is 6.00. The Bertz CT molecular complexity index is 666. The molecule has 0 saturated heterocycles. The summed E-state index contributed by atoms with van der Waals surface area (Å²) in [6, 6.07) is 0. The summed E-state index contributed by atoms with van der Waals surface area (Å²) in [5, 5.41) is 10.5. The number of aromatic nitrogens is 4. The van der Waals surface area contributed by atoms with E-state index in [-0.39, 0.29) is 0 Å². The van der Waals surface area contributed by atoms with Crippen LogP contribution in [0, 0.1) is 19.8 Å². The van der Waals surface area contributed by atoms with Gasteiger partial charge < -0.3 is 9.88 Å². The molecule has 2 aromatic rings. The number of hydrogen-bond donors (Lipinski definition) is 2. The maximum Gasteiger partial charge on any atom is 0.434 e. The first-order valence-corrected chi connectivity index (χ1v) is 7.69. The maximum absolute atomic E-state index is 12.7. The molecule has 0 radical (unpaired) electrons. The van der Waals surface area contributed by atoms with Crippen LogP contribution >= 0.6 is 0 Å². The van der Waals surface area contributed by atoms with Crippen molar-refractivity contribution in [2.24, 2.45) is 5.92 Å². The number of rotatable bonds is 4. The number of nitrogens with one attached hydrogen (secondary N) is 2. The monoisotopic (exact) mass is 327 g/mol. The SMILES string of the molecule is Cc1n[nH]c(C)c1CNC[C@@H]1CCc2nc(C(F)(F)F)cn2C1. The molecule has 5 nitrogen and oxygen atoms in total. The van der Waals surface area contributed by atoms with Crippen molar-refractivity contribution in [2.45, 2.75) is 46.0 Å². The van der Waals surface area contributed by atoms with Gasteiger partial charge in [0.25, 0.3) is 0 Å². The van der Waals surface area contributed by atoms with Gasteiger partial charge in [-0.1, -0.05) is 0 Å². The third kappa shape index (κ3) is 3.41. The lowest BCUT2D eigenvalue weighted by Gasteiger charge is -2.24. The van der Waals surface area contributed by atoms with Gasteiger partial charge >= 0.3 is 6.18 Å². The van der Waals surface area contributed by atoms with Crippen LogP contribution in [0.3, 0.4) is 0 Å². The highest BCUT2D eigenvalue weighted by Crippen LogP contribution is 2.30. The second-order valence-electron chi connectivity index (χ2n) is 6.14. The first kappa shape index (κ1) is 16.0. The molecule has 2 aromatic heterocycles. The van der Waals surface area contributed by atoms with E-state index in [1.165, 1.54) is 0 Å². The number of nitrogens with zero attached hydrogens (tertiary/aromatic N) is 3. The normalized spacial score (nSPS) is 18.2. The summed E-state index contributed by atoms with van der Waals surface area (Å²) in [5.74, 6) is 0.848. The minimum atomic E-state index is -4.37. The van der Waals surface area contributed by atoms with Crippen molar-refractivity contribution < 1.29 is 13.2 Å². The first-order chi connectivity index (χ1) is 10.8. The topological polar surface area (TPSA) is 58.5 Å². The fourth-order valence-electron chi connectivity index (χ4n) is 3.05. The van der Waals surface area contributed by atoms with E-state index in [0.29, 0.717) is 24.7 Å². The molecule has 8 heteroatoms. The average molecular weight is 327 g/mol.